The van der Waals surface area contributed by atoms with Gasteiger partial charge in [0.15, 0.2) is 0 Å². The molecule has 0 rings (SSSR count). The van der Waals surface area contributed by atoms with E-state index in [0.717, 1.165) is 0 Å². The first kappa shape index (κ1) is 14.4. The molecule has 0 aliphatic rings. The fourth-order valence-electron chi connectivity index (χ4n) is 0.500. The highest BCUT2D eigenvalue weighted by Gasteiger charge is 2.17. The molecule has 0 amide bonds. The van der Waals surface area contributed by atoms with Crippen LogP contribution in [0.4, 0.5) is 4.79 Å². The third-order valence-corrected chi connectivity index (χ3v) is 1.10. The summed E-state index contributed by atoms with van der Waals surface area (Å²) >= 11 is 0. The Morgan fingerprint density at radius 3 is 2.25 bits per heavy atom. The van der Waals surface area contributed by atoms with Gasteiger partial charge in [-0.2, -0.15) is 0 Å². The summed E-state index contributed by atoms with van der Waals surface area (Å²) in [5, 5.41) is 0. The highest BCUT2D eigenvalue weighted by molar-refractivity contribution is 5.86. The predicted octanol–water partition coefficient (Wildman–Crippen LogP) is 1.95. The molecule has 0 aromatic rings. The van der Waals surface area contributed by atoms with E-state index in [1.54, 1.807) is 20.8 Å². The molecule has 6 nitrogen and oxygen atoms in total. The first-order valence-corrected chi connectivity index (χ1v) is 4.57. The van der Waals surface area contributed by atoms with Crippen molar-refractivity contribution in [2.75, 3.05) is 6.79 Å². The molecule has 0 aromatic carbocycles. The van der Waals surface area contributed by atoms with Gasteiger partial charge in [-0.15, -0.1) is 4.89 Å². The summed E-state index contributed by atoms with van der Waals surface area (Å²) in [5.41, 5.74) is -0.469. The molecule has 0 saturated heterocycles. The molecule has 0 aromatic heterocycles. The third kappa shape index (κ3) is 7.81. The molecule has 0 spiro atoms. The van der Waals surface area contributed by atoms with E-state index in [1.165, 1.54) is 6.92 Å². The Balaban J connectivity index is 3.64. The van der Waals surface area contributed by atoms with Crippen LogP contribution in [0.1, 0.15) is 27.7 Å². The SMILES string of the molecule is C=C(C)C(=O)OOCOC(=O)OC(C)(C)C. The van der Waals surface area contributed by atoms with Gasteiger partial charge in [0, 0.05) is 5.57 Å². The second-order valence-corrected chi connectivity index (χ2v) is 4.00. The first-order valence-electron chi connectivity index (χ1n) is 4.57. The summed E-state index contributed by atoms with van der Waals surface area (Å²) in [7, 11) is 0. The van der Waals surface area contributed by atoms with E-state index >= 15 is 0 Å². The number of ether oxygens (including phenoxy) is 2. The summed E-state index contributed by atoms with van der Waals surface area (Å²) in [6.45, 7) is 9.33. The average molecular weight is 232 g/mol. The van der Waals surface area contributed by atoms with E-state index in [-0.39, 0.29) is 5.57 Å². The average Bonchev–Trinajstić information content (AvgIpc) is 2.08. The van der Waals surface area contributed by atoms with Crippen molar-refractivity contribution in [2.45, 2.75) is 33.3 Å². The zero-order chi connectivity index (χ0) is 12.8. The summed E-state index contributed by atoms with van der Waals surface area (Å²) in [4.78, 5) is 30.3. The molecular formula is C10H16O6. The Labute approximate surface area is 94.0 Å². The van der Waals surface area contributed by atoms with Crippen molar-refractivity contribution in [1.29, 1.82) is 0 Å². The van der Waals surface area contributed by atoms with Crippen molar-refractivity contribution < 1.29 is 28.8 Å². The van der Waals surface area contributed by atoms with E-state index in [2.05, 4.69) is 21.1 Å². The van der Waals surface area contributed by atoms with E-state index in [4.69, 9.17) is 4.74 Å². The van der Waals surface area contributed by atoms with Crippen molar-refractivity contribution in [2.24, 2.45) is 0 Å². The van der Waals surface area contributed by atoms with E-state index < -0.39 is 24.5 Å². The van der Waals surface area contributed by atoms with Gasteiger partial charge in [-0.3, -0.25) is 4.89 Å². The summed E-state index contributed by atoms with van der Waals surface area (Å²) in [6.07, 6.45) is -0.904. The van der Waals surface area contributed by atoms with Crippen LogP contribution in [0.3, 0.4) is 0 Å². The largest absolute Gasteiger partial charge is 0.511 e. The molecule has 0 bridgehead atoms. The van der Waals surface area contributed by atoms with Crippen molar-refractivity contribution in [3.63, 3.8) is 0 Å². The molecule has 0 heterocycles. The maximum Gasteiger partial charge on any atom is 0.511 e. The number of rotatable bonds is 4. The van der Waals surface area contributed by atoms with E-state index in [9.17, 15) is 9.59 Å². The molecule has 6 heteroatoms. The Bertz CT molecular complexity index is 276. The number of carbonyl (C=O) groups is 2. The molecule has 0 aliphatic carbocycles. The molecule has 0 radical (unpaired) electrons. The topological polar surface area (TPSA) is 71.1 Å². The molecular weight excluding hydrogens is 216 g/mol. The van der Waals surface area contributed by atoms with Crippen LogP contribution < -0.4 is 0 Å². The Morgan fingerprint density at radius 1 is 1.25 bits per heavy atom. The van der Waals surface area contributed by atoms with Crippen molar-refractivity contribution in [3.8, 4) is 0 Å². The summed E-state index contributed by atoms with van der Waals surface area (Å²) in [5.74, 6) is -0.729. The van der Waals surface area contributed by atoms with Gasteiger partial charge < -0.3 is 9.47 Å². The van der Waals surface area contributed by atoms with Gasteiger partial charge in [-0.05, 0) is 27.7 Å². The van der Waals surface area contributed by atoms with Crippen LogP contribution in [0.15, 0.2) is 12.2 Å². The van der Waals surface area contributed by atoms with Gasteiger partial charge in [-0.25, -0.2) is 9.59 Å². The van der Waals surface area contributed by atoms with Crippen LogP contribution in [0.25, 0.3) is 0 Å². The van der Waals surface area contributed by atoms with Crippen molar-refractivity contribution in [3.05, 3.63) is 12.2 Å². The minimum atomic E-state index is -0.904. The zero-order valence-corrected chi connectivity index (χ0v) is 9.86. The fraction of sp³-hybridized carbons (Fsp3) is 0.600. The van der Waals surface area contributed by atoms with Gasteiger partial charge in [0.2, 0.25) is 6.79 Å². The molecule has 0 fully saturated rings. The Hall–Kier alpha value is -1.56. The molecule has 92 valence electrons. The lowest BCUT2D eigenvalue weighted by atomic mass is 10.2. The van der Waals surface area contributed by atoms with Crippen LogP contribution >= 0.6 is 0 Å². The molecule has 0 atom stereocenters. The lowest BCUT2D eigenvalue weighted by molar-refractivity contribution is -0.301. The second-order valence-electron chi connectivity index (χ2n) is 4.00. The number of hydrogen-bond acceptors (Lipinski definition) is 6. The predicted molar refractivity (Wildman–Crippen MR) is 54.2 cm³/mol. The fourth-order valence-corrected chi connectivity index (χ4v) is 0.500. The van der Waals surface area contributed by atoms with Gasteiger partial charge in [0.05, 0.1) is 0 Å². The molecule has 0 aliphatic heterocycles. The van der Waals surface area contributed by atoms with Crippen molar-refractivity contribution >= 4 is 12.1 Å². The number of hydrogen-bond donors (Lipinski definition) is 0. The van der Waals surface area contributed by atoms with Crippen LogP contribution in [0, 0.1) is 0 Å². The Morgan fingerprint density at radius 2 is 1.81 bits per heavy atom. The van der Waals surface area contributed by atoms with Crippen LogP contribution in [-0.2, 0) is 24.0 Å². The van der Waals surface area contributed by atoms with Crippen molar-refractivity contribution in [1.82, 2.24) is 0 Å². The maximum atomic E-state index is 11.0. The normalized spacial score (nSPS) is 10.5. The highest BCUT2D eigenvalue weighted by Crippen LogP contribution is 2.07. The van der Waals surface area contributed by atoms with E-state index in [0.29, 0.717) is 0 Å². The van der Waals surface area contributed by atoms with Crippen LogP contribution in [0.5, 0.6) is 0 Å². The zero-order valence-electron chi connectivity index (χ0n) is 9.86. The monoisotopic (exact) mass is 232 g/mol. The lowest BCUT2D eigenvalue weighted by Crippen LogP contribution is -2.25. The third-order valence-electron chi connectivity index (χ3n) is 1.10. The quantitative estimate of drug-likeness (QED) is 0.184. The minimum absolute atomic E-state index is 0.178. The smallest absolute Gasteiger partial charge is 0.429 e. The molecule has 16 heavy (non-hydrogen) atoms. The molecule has 0 saturated carbocycles. The van der Waals surface area contributed by atoms with Crippen LogP contribution in [0.2, 0.25) is 0 Å². The standard InChI is InChI=1S/C10H16O6/c1-7(2)8(11)16-14-6-13-9(12)15-10(3,4)5/h1,6H2,2-5H3. The van der Waals surface area contributed by atoms with Gasteiger partial charge >= 0.3 is 12.1 Å². The highest BCUT2D eigenvalue weighted by atomic mass is 17.2. The van der Waals surface area contributed by atoms with Gasteiger partial charge in [0.25, 0.3) is 0 Å². The first-order chi connectivity index (χ1) is 7.22. The maximum absolute atomic E-state index is 11.0. The van der Waals surface area contributed by atoms with E-state index in [1.807, 2.05) is 0 Å². The molecule has 0 unspecified atom stereocenters. The van der Waals surface area contributed by atoms with Gasteiger partial charge in [-0.1, -0.05) is 6.58 Å². The lowest BCUT2D eigenvalue weighted by Gasteiger charge is -2.18. The summed E-state index contributed by atoms with van der Waals surface area (Å²) in [6, 6.07) is 0. The number of carbonyl (C=O) groups excluding carboxylic acids is 2. The minimum Gasteiger partial charge on any atom is -0.429 e. The second kappa shape index (κ2) is 6.12. The van der Waals surface area contributed by atoms with Crippen LogP contribution in [-0.4, -0.2) is 24.5 Å². The Kier molecular flexibility index (Phi) is 5.52. The van der Waals surface area contributed by atoms with Gasteiger partial charge in [0.1, 0.15) is 5.60 Å². The summed E-state index contributed by atoms with van der Waals surface area (Å²) < 4.78 is 9.25. The molecule has 0 N–H and O–H groups in total.